The van der Waals surface area contributed by atoms with Crippen LogP contribution >= 0.6 is 0 Å². The minimum Gasteiger partial charge on any atom is -0.497 e. The number of methoxy groups -OCH3 is 1. The first-order valence-electron chi connectivity index (χ1n) is 10.6. The number of rotatable bonds is 10. The lowest BCUT2D eigenvalue weighted by Crippen LogP contribution is -2.41. The van der Waals surface area contributed by atoms with E-state index in [-0.39, 0.29) is 0 Å². The molecular weight excluding hydrogens is 352 g/mol. The molecule has 0 atom stereocenters. The van der Waals surface area contributed by atoms with Crippen LogP contribution in [-0.2, 0) is 0 Å². The molecule has 2 rings (SSSR count). The van der Waals surface area contributed by atoms with Crippen LogP contribution in [0, 0.1) is 5.92 Å². The Morgan fingerprint density at radius 1 is 1.18 bits per heavy atom. The Kier molecular flexibility index (Phi) is 9.97. The van der Waals surface area contributed by atoms with Gasteiger partial charge in [-0.2, -0.15) is 0 Å². The van der Waals surface area contributed by atoms with E-state index in [4.69, 9.17) is 14.5 Å². The van der Waals surface area contributed by atoms with Crippen LogP contribution in [0.2, 0.25) is 0 Å². The lowest BCUT2D eigenvalue weighted by molar-refractivity contribution is 0.188. The number of piperidine rings is 1. The number of ether oxygens (including phenoxy) is 2. The molecule has 0 saturated carbocycles. The molecule has 1 aliphatic heterocycles. The van der Waals surface area contributed by atoms with Gasteiger partial charge in [-0.25, -0.2) is 0 Å². The standard InChI is InChI=1S/C22H38N4O2/c1-5-23-22(24-14-11-19-12-15-26(6-2)16-13-19)25(3)17-18-28-21-9-7-20(27-4)8-10-21/h7-10,19H,5-6,11-18H2,1-4H3,(H,23,24). The first-order valence-corrected chi connectivity index (χ1v) is 10.6. The molecule has 0 aliphatic carbocycles. The highest BCUT2D eigenvalue weighted by atomic mass is 16.5. The summed E-state index contributed by atoms with van der Waals surface area (Å²) in [7, 11) is 3.74. The maximum Gasteiger partial charge on any atom is 0.193 e. The van der Waals surface area contributed by atoms with Crippen LogP contribution in [0.25, 0.3) is 0 Å². The molecule has 0 amide bonds. The van der Waals surface area contributed by atoms with E-state index < -0.39 is 0 Å². The van der Waals surface area contributed by atoms with Crippen LogP contribution in [0.5, 0.6) is 11.5 Å². The van der Waals surface area contributed by atoms with Gasteiger partial charge in [0.25, 0.3) is 0 Å². The van der Waals surface area contributed by atoms with Crippen LogP contribution in [-0.4, -0.2) is 75.8 Å². The number of nitrogens with one attached hydrogen (secondary N) is 1. The molecule has 6 nitrogen and oxygen atoms in total. The predicted molar refractivity (Wildman–Crippen MR) is 117 cm³/mol. The summed E-state index contributed by atoms with van der Waals surface area (Å²) in [6.45, 7) is 11.2. The van der Waals surface area contributed by atoms with Crippen molar-refractivity contribution in [2.45, 2.75) is 33.1 Å². The lowest BCUT2D eigenvalue weighted by atomic mass is 9.94. The maximum absolute atomic E-state index is 5.84. The molecular formula is C22H38N4O2. The number of benzene rings is 1. The number of likely N-dealkylation sites (N-methyl/N-ethyl adjacent to an activating group) is 1. The molecule has 0 unspecified atom stereocenters. The highest BCUT2D eigenvalue weighted by Gasteiger charge is 2.17. The third-order valence-electron chi connectivity index (χ3n) is 5.40. The van der Waals surface area contributed by atoms with E-state index in [1.807, 2.05) is 24.3 Å². The Labute approximate surface area is 170 Å². The van der Waals surface area contributed by atoms with Crippen LogP contribution in [0.3, 0.4) is 0 Å². The molecule has 0 bridgehead atoms. The van der Waals surface area contributed by atoms with Gasteiger partial charge in [-0.3, -0.25) is 4.99 Å². The fraction of sp³-hybridized carbons (Fsp3) is 0.682. The number of likely N-dealkylation sites (tertiary alicyclic amines) is 1. The number of aliphatic imine (C=N–C) groups is 1. The second-order valence-electron chi connectivity index (χ2n) is 7.35. The van der Waals surface area contributed by atoms with Crippen molar-refractivity contribution in [3.63, 3.8) is 0 Å². The van der Waals surface area contributed by atoms with Crippen LogP contribution < -0.4 is 14.8 Å². The minimum absolute atomic E-state index is 0.614. The summed E-state index contributed by atoms with van der Waals surface area (Å²) in [5.41, 5.74) is 0. The first-order chi connectivity index (χ1) is 13.7. The second-order valence-corrected chi connectivity index (χ2v) is 7.35. The van der Waals surface area contributed by atoms with Gasteiger partial charge in [-0.1, -0.05) is 6.92 Å². The summed E-state index contributed by atoms with van der Waals surface area (Å²) in [5.74, 6) is 3.48. The van der Waals surface area contributed by atoms with Crippen molar-refractivity contribution in [1.82, 2.24) is 15.1 Å². The summed E-state index contributed by atoms with van der Waals surface area (Å²) in [6.07, 6.45) is 3.81. The number of hydrogen-bond donors (Lipinski definition) is 1. The molecule has 1 heterocycles. The fourth-order valence-electron chi connectivity index (χ4n) is 3.49. The molecule has 1 saturated heterocycles. The van der Waals surface area contributed by atoms with Crippen molar-refractivity contribution in [2.24, 2.45) is 10.9 Å². The zero-order chi connectivity index (χ0) is 20.2. The van der Waals surface area contributed by atoms with E-state index in [9.17, 15) is 0 Å². The van der Waals surface area contributed by atoms with Gasteiger partial charge in [-0.05, 0) is 76.0 Å². The Balaban J connectivity index is 1.73. The van der Waals surface area contributed by atoms with E-state index in [1.54, 1.807) is 7.11 Å². The molecule has 1 aliphatic rings. The highest BCUT2D eigenvalue weighted by molar-refractivity contribution is 5.79. The van der Waals surface area contributed by atoms with Crippen molar-refractivity contribution in [1.29, 1.82) is 0 Å². The molecule has 6 heteroatoms. The second kappa shape index (κ2) is 12.5. The van der Waals surface area contributed by atoms with Gasteiger partial charge in [0.15, 0.2) is 5.96 Å². The smallest absolute Gasteiger partial charge is 0.193 e. The van der Waals surface area contributed by atoms with Gasteiger partial charge < -0.3 is 24.6 Å². The van der Waals surface area contributed by atoms with E-state index in [1.165, 1.54) is 38.9 Å². The molecule has 1 N–H and O–H groups in total. The van der Waals surface area contributed by atoms with Gasteiger partial charge in [0, 0.05) is 20.1 Å². The molecule has 1 fully saturated rings. The van der Waals surface area contributed by atoms with Gasteiger partial charge in [0.1, 0.15) is 18.1 Å². The number of hydrogen-bond acceptors (Lipinski definition) is 4. The van der Waals surface area contributed by atoms with Crippen molar-refractivity contribution in [2.75, 3.05) is 60.0 Å². The SMILES string of the molecule is CCNC(=NCCC1CCN(CC)CC1)N(C)CCOc1ccc(OC)cc1. The summed E-state index contributed by atoms with van der Waals surface area (Å²) in [4.78, 5) is 9.53. The van der Waals surface area contributed by atoms with Crippen LogP contribution in [0.15, 0.2) is 29.3 Å². The predicted octanol–water partition coefficient (Wildman–Crippen LogP) is 3.09. The maximum atomic E-state index is 5.84. The van der Waals surface area contributed by atoms with Crippen molar-refractivity contribution in [3.05, 3.63) is 24.3 Å². The van der Waals surface area contributed by atoms with Crippen molar-refractivity contribution in [3.8, 4) is 11.5 Å². The molecule has 0 radical (unpaired) electrons. The quantitative estimate of drug-likeness (QED) is 0.491. The molecule has 0 aromatic heterocycles. The number of nitrogens with zero attached hydrogens (tertiary/aromatic N) is 3. The van der Waals surface area contributed by atoms with Crippen molar-refractivity contribution < 1.29 is 9.47 Å². The van der Waals surface area contributed by atoms with Gasteiger partial charge in [-0.15, -0.1) is 0 Å². The van der Waals surface area contributed by atoms with E-state index in [0.29, 0.717) is 6.61 Å². The van der Waals surface area contributed by atoms with E-state index in [0.717, 1.165) is 43.0 Å². The van der Waals surface area contributed by atoms with Crippen molar-refractivity contribution >= 4 is 5.96 Å². The average molecular weight is 391 g/mol. The monoisotopic (exact) mass is 390 g/mol. The third kappa shape index (κ3) is 7.58. The Morgan fingerprint density at radius 2 is 1.86 bits per heavy atom. The lowest BCUT2D eigenvalue weighted by Gasteiger charge is -2.30. The zero-order valence-corrected chi connectivity index (χ0v) is 18.1. The molecule has 28 heavy (non-hydrogen) atoms. The van der Waals surface area contributed by atoms with Crippen LogP contribution in [0.1, 0.15) is 33.1 Å². The van der Waals surface area contributed by atoms with Gasteiger partial charge in [0.05, 0.1) is 13.7 Å². The van der Waals surface area contributed by atoms with E-state index >= 15 is 0 Å². The zero-order valence-electron chi connectivity index (χ0n) is 18.1. The Morgan fingerprint density at radius 3 is 2.46 bits per heavy atom. The van der Waals surface area contributed by atoms with E-state index in [2.05, 4.69) is 36.0 Å². The number of guanidine groups is 1. The van der Waals surface area contributed by atoms with Crippen LogP contribution in [0.4, 0.5) is 0 Å². The topological polar surface area (TPSA) is 49.3 Å². The third-order valence-corrected chi connectivity index (χ3v) is 5.40. The molecule has 1 aromatic rings. The largest absolute Gasteiger partial charge is 0.497 e. The van der Waals surface area contributed by atoms with Gasteiger partial charge >= 0.3 is 0 Å². The minimum atomic E-state index is 0.614. The summed E-state index contributed by atoms with van der Waals surface area (Å²) in [5, 5.41) is 3.40. The summed E-state index contributed by atoms with van der Waals surface area (Å²) < 4.78 is 11.0. The summed E-state index contributed by atoms with van der Waals surface area (Å²) >= 11 is 0. The Bertz CT molecular complexity index is 568. The first kappa shape index (κ1) is 22.3. The van der Waals surface area contributed by atoms with Gasteiger partial charge in [0.2, 0.25) is 0 Å². The molecule has 0 spiro atoms. The normalized spacial score (nSPS) is 16.1. The highest BCUT2D eigenvalue weighted by Crippen LogP contribution is 2.20. The fourth-order valence-corrected chi connectivity index (χ4v) is 3.49. The molecule has 158 valence electrons. The Hall–Kier alpha value is -1.95. The molecule has 1 aromatic carbocycles. The summed E-state index contributed by atoms with van der Waals surface area (Å²) in [6, 6.07) is 7.69. The average Bonchev–Trinajstić information content (AvgIpc) is 2.74.